The van der Waals surface area contributed by atoms with E-state index in [0.29, 0.717) is 12.3 Å². The van der Waals surface area contributed by atoms with Crippen LogP contribution in [0.2, 0.25) is 0 Å². The van der Waals surface area contributed by atoms with Gasteiger partial charge in [-0.3, -0.25) is 39.5 Å². The zero-order chi connectivity index (χ0) is 22.6. The van der Waals surface area contributed by atoms with Crippen molar-refractivity contribution < 1.29 is 28.7 Å². The average Bonchev–Trinajstić information content (AvgIpc) is 3.42. The molecular formula is C22H24N4O6. The quantitative estimate of drug-likeness (QED) is 0.436. The molecule has 3 aliphatic heterocycles. The minimum absolute atomic E-state index is 0.0840. The van der Waals surface area contributed by atoms with Crippen LogP contribution in [0.4, 0.5) is 5.69 Å². The summed E-state index contributed by atoms with van der Waals surface area (Å²) < 4.78 is 5.13. The minimum Gasteiger partial charge on any atom is -0.465 e. The number of anilines is 1. The first-order valence-corrected chi connectivity index (χ1v) is 10.9. The summed E-state index contributed by atoms with van der Waals surface area (Å²) in [5, 5.41) is 8.94. The maximum Gasteiger partial charge on any atom is 0.323 e. The number of rotatable bonds is 5. The molecule has 2 saturated heterocycles. The summed E-state index contributed by atoms with van der Waals surface area (Å²) in [6.45, 7) is 2.14. The lowest BCUT2D eigenvalue weighted by Gasteiger charge is -2.29. The van der Waals surface area contributed by atoms with Crippen LogP contribution in [-0.4, -0.2) is 65.3 Å². The van der Waals surface area contributed by atoms with E-state index in [0.717, 1.165) is 17.7 Å². The van der Waals surface area contributed by atoms with Gasteiger partial charge in [-0.1, -0.05) is 0 Å². The van der Waals surface area contributed by atoms with Crippen LogP contribution in [0.25, 0.3) is 0 Å². The van der Waals surface area contributed by atoms with Gasteiger partial charge in [-0.05, 0) is 50.3 Å². The fraction of sp³-hybridized carbons (Fsp3) is 0.500. The summed E-state index contributed by atoms with van der Waals surface area (Å²) in [6.07, 6.45) is 1.88. The second-order valence-electron chi connectivity index (χ2n) is 8.69. The molecule has 1 aliphatic carbocycles. The van der Waals surface area contributed by atoms with Crippen LogP contribution in [0.3, 0.4) is 0 Å². The third-order valence-electron chi connectivity index (χ3n) is 6.80. The summed E-state index contributed by atoms with van der Waals surface area (Å²) >= 11 is 0. The topological polar surface area (TPSA) is 134 Å². The number of amides is 4. The highest BCUT2D eigenvalue weighted by molar-refractivity contribution is 6.23. The van der Waals surface area contributed by atoms with Gasteiger partial charge in [0.1, 0.15) is 12.1 Å². The van der Waals surface area contributed by atoms with Crippen molar-refractivity contribution in [3.63, 3.8) is 0 Å². The van der Waals surface area contributed by atoms with Crippen molar-refractivity contribution in [1.82, 2.24) is 15.5 Å². The van der Waals surface area contributed by atoms with Gasteiger partial charge in [-0.2, -0.15) is 0 Å². The number of hydrogen-bond acceptors (Lipinski definition) is 8. The predicted octanol–water partition coefficient (Wildman–Crippen LogP) is 0.182. The first kappa shape index (κ1) is 20.6. The predicted molar refractivity (Wildman–Crippen MR) is 111 cm³/mol. The second kappa shape index (κ2) is 7.70. The van der Waals surface area contributed by atoms with E-state index in [4.69, 9.17) is 4.74 Å². The maximum absolute atomic E-state index is 13.0. The Morgan fingerprint density at radius 2 is 1.94 bits per heavy atom. The molecule has 3 fully saturated rings. The van der Waals surface area contributed by atoms with Gasteiger partial charge in [0.2, 0.25) is 11.8 Å². The fourth-order valence-electron chi connectivity index (χ4n) is 5.33. The van der Waals surface area contributed by atoms with Crippen LogP contribution in [0, 0.1) is 5.92 Å². The summed E-state index contributed by atoms with van der Waals surface area (Å²) in [4.78, 5) is 62.4. The zero-order valence-corrected chi connectivity index (χ0v) is 17.6. The summed E-state index contributed by atoms with van der Waals surface area (Å²) in [5.74, 6) is -2.11. The zero-order valence-electron chi connectivity index (χ0n) is 17.6. The molecule has 1 saturated carbocycles. The number of carbonyl (C=O) groups is 5. The summed E-state index contributed by atoms with van der Waals surface area (Å²) in [7, 11) is 0. The minimum atomic E-state index is -0.980. The molecule has 1 unspecified atom stereocenters. The van der Waals surface area contributed by atoms with Crippen molar-refractivity contribution in [2.24, 2.45) is 5.92 Å². The molecule has 5 rings (SSSR count). The van der Waals surface area contributed by atoms with E-state index in [1.807, 2.05) is 0 Å². The Bertz CT molecular complexity index is 1040. The van der Waals surface area contributed by atoms with Crippen LogP contribution in [-0.2, 0) is 19.1 Å². The number of nitrogens with zero attached hydrogens (tertiary/aromatic N) is 1. The lowest BCUT2D eigenvalue weighted by molar-refractivity contribution is -0.146. The van der Waals surface area contributed by atoms with E-state index in [-0.39, 0.29) is 54.0 Å². The monoisotopic (exact) mass is 440 g/mol. The van der Waals surface area contributed by atoms with Gasteiger partial charge in [-0.25, -0.2) is 0 Å². The van der Waals surface area contributed by atoms with Gasteiger partial charge in [-0.15, -0.1) is 0 Å². The largest absolute Gasteiger partial charge is 0.465 e. The highest BCUT2D eigenvalue weighted by atomic mass is 16.5. The highest BCUT2D eigenvalue weighted by Gasteiger charge is 2.49. The van der Waals surface area contributed by atoms with E-state index in [9.17, 15) is 24.0 Å². The van der Waals surface area contributed by atoms with Crippen LogP contribution < -0.4 is 16.0 Å². The van der Waals surface area contributed by atoms with E-state index >= 15 is 0 Å². The van der Waals surface area contributed by atoms with Crippen molar-refractivity contribution in [3.05, 3.63) is 29.3 Å². The van der Waals surface area contributed by atoms with Crippen LogP contribution in [0.1, 0.15) is 53.3 Å². The van der Waals surface area contributed by atoms with Gasteiger partial charge < -0.3 is 10.1 Å². The molecule has 0 radical (unpaired) electrons. The molecule has 1 aromatic carbocycles. The third kappa shape index (κ3) is 3.26. The second-order valence-corrected chi connectivity index (χ2v) is 8.69. The molecule has 4 aliphatic rings. The lowest BCUT2D eigenvalue weighted by Crippen LogP contribution is -2.54. The van der Waals surface area contributed by atoms with E-state index in [2.05, 4.69) is 16.0 Å². The van der Waals surface area contributed by atoms with E-state index < -0.39 is 29.7 Å². The normalized spacial score (nSPS) is 31.0. The number of nitrogens with one attached hydrogen (secondary N) is 3. The number of ether oxygens (including phenoxy) is 1. The molecule has 3 N–H and O–H groups in total. The first-order chi connectivity index (χ1) is 15.4. The standard InChI is InChI=1S/C22H24N4O6/c1-2-32-22(31)18-10-7-14(15(8-10)24-18)23-11-3-4-12-13(9-11)21(30)26(20(12)29)16-5-6-17(27)25-19(16)28/h3-4,9-10,14-16,18,23-24H,2,5-8H2,1H3,(H,25,27,28)/t10-,14+,15-,16?,18+/m0/s1. The number of carbonyl (C=O) groups excluding carboxylic acids is 5. The molecule has 4 amide bonds. The molecule has 32 heavy (non-hydrogen) atoms. The molecule has 0 aromatic heterocycles. The van der Waals surface area contributed by atoms with Crippen LogP contribution in [0.15, 0.2) is 18.2 Å². The van der Waals surface area contributed by atoms with Gasteiger partial charge in [0.15, 0.2) is 0 Å². The fourth-order valence-corrected chi connectivity index (χ4v) is 5.33. The smallest absolute Gasteiger partial charge is 0.323 e. The lowest BCUT2D eigenvalue weighted by atomic mass is 9.98. The first-order valence-electron chi connectivity index (χ1n) is 10.9. The van der Waals surface area contributed by atoms with Gasteiger partial charge in [0.25, 0.3) is 11.8 Å². The molecule has 1 aromatic rings. The Hall–Kier alpha value is -3.27. The molecule has 0 spiro atoms. The Kier molecular flexibility index (Phi) is 4.96. The van der Waals surface area contributed by atoms with Gasteiger partial charge in [0.05, 0.1) is 17.7 Å². The molecule has 10 nitrogen and oxygen atoms in total. The molecule has 3 heterocycles. The maximum atomic E-state index is 13.0. The van der Waals surface area contributed by atoms with E-state index in [1.165, 1.54) is 0 Å². The van der Waals surface area contributed by atoms with E-state index in [1.54, 1.807) is 25.1 Å². The van der Waals surface area contributed by atoms with Crippen molar-refractivity contribution in [2.45, 2.75) is 56.8 Å². The number of fused-ring (bicyclic) bond motifs is 3. The molecule has 2 bridgehead atoms. The Morgan fingerprint density at radius 3 is 2.62 bits per heavy atom. The summed E-state index contributed by atoms with van der Waals surface area (Å²) in [5.41, 5.74) is 1.19. The SMILES string of the molecule is CCOC(=O)[C@@H]1N[C@H]2C[C@@H]1C[C@H]2Nc1ccc2c(c1)C(=O)N(C1CCC(=O)NC1=O)C2=O. The summed E-state index contributed by atoms with van der Waals surface area (Å²) in [6, 6.07) is 3.90. The van der Waals surface area contributed by atoms with Crippen LogP contribution in [0.5, 0.6) is 0 Å². The van der Waals surface area contributed by atoms with Crippen LogP contribution >= 0.6 is 0 Å². The number of esters is 1. The molecule has 10 heteroatoms. The Morgan fingerprint density at radius 1 is 1.16 bits per heavy atom. The number of piperidine rings is 2. The highest BCUT2D eigenvalue weighted by Crippen LogP contribution is 2.38. The van der Waals surface area contributed by atoms with Crippen molar-refractivity contribution in [2.75, 3.05) is 11.9 Å². The third-order valence-corrected chi connectivity index (χ3v) is 6.80. The average molecular weight is 440 g/mol. The molecule has 5 atom stereocenters. The molecular weight excluding hydrogens is 416 g/mol. The van der Waals surface area contributed by atoms with Crippen molar-refractivity contribution in [1.29, 1.82) is 0 Å². The number of hydrogen-bond donors (Lipinski definition) is 3. The van der Waals surface area contributed by atoms with Crippen molar-refractivity contribution in [3.8, 4) is 0 Å². The number of imide groups is 2. The van der Waals surface area contributed by atoms with Crippen molar-refractivity contribution >= 4 is 35.3 Å². The van der Waals surface area contributed by atoms with Gasteiger partial charge >= 0.3 is 5.97 Å². The number of benzene rings is 1. The van der Waals surface area contributed by atoms with Gasteiger partial charge in [0, 0.05) is 24.2 Å². The molecule has 168 valence electrons. The Labute approximate surface area is 184 Å². The Balaban J connectivity index is 1.29.